The summed E-state index contributed by atoms with van der Waals surface area (Å²) in [6, 6.07) is 14.2. The summed E-state index contributed by atoms with van der Waals surface area (Å²) in [4.78, 5) is 9.15. The number of imidazole rings is 1. The second-order valence-electron chi connectivity index (χ2n) is 8.10. The molecule has 1 aliphatic heterocycles. The van der Waals surface area contributed by atoms with Crippen molar-refractivity contribution in [3.05, 3.63) is 83.5 Å². The van der Waals surface area contributed by atoms with Crippen LogP contribution in [0.15, 0.2) is 55.0 Å². The number of rotatable bonds is 5. The van der Waals surface area contributed by atoms with E-state index in [9.17, 15) is 0 Å². The van der Waals surface area contributed by atoms with Crippen molar-refractivity contribution >= 4 is 17.8 Å². The predicted octanol–water partition coefficient (Wildman–Crippen LogP) is 4.46. The van der Waals surface area contributed by atoms with Crippen LogP contribution >= 0.6 is 0 Å². The van der Waals surface area contributed by atoms with E-state index in [0.29, 0.717) is 0 Å². The average molecular weight is 427 g/mol. The molecule has 0 saturated carbocycles. The highest BCUT2D eigenvalue weighted by Gasteiger charge is 2.25. The van der Waals surface area contributed by atoms with Crippen LogP contribution < -0.4 is 10.5 Å². The zero-order valence-electron chi connectivity index (χ0n) is 18.3. The minimum atomic E-state index is 0.247. The fourth-order valence-corrected chi connectivity index (χ4v) is 4.22. The summed E-state index contributed by atoms with van der Waals surface area (Å²) in [7, 11) is 1.68. The van der Waals surface area contributed by atoms with Crippen LogP contribution in [-0.4, -0.2) is 31.4 Å². The number of nitrogens with zero attached hydrogens (tertiary/aromatic N) is 5. The van der Waals surface area contributed by atoms with Crippen LogP contribution in [0.2, 0.25) is 0 Å². The Morgan fingerprint density at radius 2 is 1.97 bits per heavy atom. The third kappa shape index (κ3) is 3.89. The molecule has 2 aromatic heterocycles. The summed E-state index contributed by atoms with van der Waals surface area (Å²) in [6.45, 7) is 2.86. The molecule has 162 valence electrons. The Kier molecular flexibility index (Phi) is 5.23. The Morgan fingerprint density at radius 3 is 2.72 bits per heavy atom. The molecule has 4 aromatic rings. The van der Waals surface area contributed by atoms with Gasteiger partial charge in [0.15, 0.2) is 5.82 Å². The molecule has 1 aliphatic rings. The number of anilines is 1. The van der Waals surface area contributed by atoms with E-state index < -0.39 is 0 Å². The van der Waals surface area contributed by atoms with Gasteiger partial charge < -0.3 is 15.0 Å². The van der Waals surface area contributed by atoms with E-state index in [4.69, 9.17) is 20.6 Å². The summed E-state index contributed by atoms with van der Waals surface area (Å²) < 4.78 is 9.61. The van der Waals surface area contributed by atoms with Crippen molar-refractivity contribution in [1.82, 2.24) is 24.3 Å². The lowest BCUT2D eigenvalue weighted by Gasteiger charge is -2.22. The number of methoxy groups -OCH3 is 1. The van der Waals surface area contributed by atoms with Crippen molar-refractivity contribution in [3.8, 4) is 11.4 Å². The molecule has 0 radical (unpaired) electrons. The number of aromatic nitrogens is 5. The van der Waals surface area contributed by atoms with Gasteiger partial charge in [-0.3, -0.25) is 0 Å². The van der Waals surface area contributed by atoms with Crippen molar-refractivity contribution < 1.29 is 4.74 Å². The van der Waals surface area contributed by atoms with Gasteiger partial charge in [-0.25, -0.2) is 14.6 Å². The maximum absolute atomic E-state index is 5.86. The monoisotopic (exact) mass is 426 g/mol. The molecule has 0 fully saturated rings. The first-order valence-electron chi connectivity index (χ1n) is 10.8. The molecule has 0 aliphatic carbocycles. The van der Waals surface area contributed by atoms with Gasteiger partial charge >= 0.3 is 0 Å². The molecular weight excluding hydrogens is 400 g/mol. The molecule has 7 nitrogen and oxygen atoms in total. The maximum atomic E-state index is 5.86. The second kappa shape index (κ2) is 8.34. The zero-order valence-corrected chi connectivity index (χ0v) is 18.3. The lowest BCUT2D eigenvalue weighted by atomic mass is 9.91. The Bertz CT molecular complexity index is 1270. The van der Waals surface area contributed by atoms with Gasteiger partial charge in [-0.2, -0.15) is 5.10 Å². The maximum Gasteiger partial charge on any atom is 0.174 e. The van der Waals surface area contributed by atoms with Crippen molar-refractivity contribution in [2.45, 2.75) is 32.2 Å². The van der Waals surface area contributed by atoms with E-state index in [2.05, 4.69) is 23.2 Å². The standard InChI is InChI=1S/C25H26N6O/c1-17-15-30(16-27-17)22-11-5-18(14-23(22)32-2)6-12-24-28-25-21(4-3-13-31(25)29-24)19-7-9-20(26)10-8-19/h5-12,14-16,21H,3-4,13,26H2,1-2H3/b12-6+/t21-/m0/s1. The van der Waals surface area contributed by atoms with Crippen molar-refractivity contribution in [2.24, 2.45) is 0 Å². The number of benzene rings is 2. The Labute approximate surface area is 187 Å². The minimum absolute atomic E-state index is 0.247. The van der Waals surface area contributed by atoms with Crippen LogP contribution in [0.1, 0.15) is 47.2 Å². The number of ether oxygens (including phenoxy) is 1. The lowest BCUT2D eigenvalue weighted by molar-refractivity contribution is 0.413. The highest BCUT2D eigenvalue weighted by molar-refractivity contribution is 5.69. The van der Waals surface area contributed by atoms with E-state index in [1.807, 2.05) is 58.8 Å². The molecule has 1 atom stereocenters. The topological polar surface area (TPSA) is 83.8 Å². The summed E-state index contributed by atoms with van der Waals surface area (Å²) in [5, 5.41) is 4.72. The molecule has 0 unspecified atom stereocenters. The summed E-state index contributed by atoms with van der Waals surface area (Å²) in [5.41, 5.74) is 10.8. The molecule has 3 heterocycles. The molecule has 2 aromatic carbocycles. The van der Waals surface area contributed by atoms with Gasteiger partial charge in [0.05, 0.1) is 24.8 Å². The lowest BCUT2D eigenvalue weighted by Crippen LogP contribution is -2.17. The van der Waals surface area contributed by atoms with E-state index in [1.54, 1.807) is 13.4 Å². The Morgan fingerprint density at radius 1 is 1.12 bits per heavy atom. The van der Waals surface area contributed by atoms with E-state index in [-0.39, 0.29) is 5.92 Å². The molecule has 2 N–H and O–H groups in total. The van der Waals surface area contributed by atoms with Crippen molar-refractivity contribution in [2.75, 3.05) is 12.8 Å². The highest BCUT2D eigenvalue weighted by atomic mass is 16.5. The van der Waals surface area contributed by atoms with Crippen LogP contribution in [0.4, 0.5) is 5.69 Å². The SMILES string of the molecule is COc1cc(/C=C/c2nc3n(n2)CCC[C@H]3c2ccc(N)cc2)ccc1-n1cnc(C)c1. The second-order valence-corrected chi connectivity index (χ2v) is 8.10. The number of fused-ring (bicyclic) bond motifs is 1. The molecule has 7 heteroatoms. The van der Waals surface area contributed by atoms with Gasteiger partial charge in [-0.15, -0.1) is 0 Å². The van der Waals surface area contributed by atoms with Gasteiger partial charge in [-0.05, 0) is 61.2 Å². The molecule has 5 rings (SSSR count). The van der Waals surface area contributed by atoms with Crippen molar-refractivity contribution in [1.29, 1.82) is 0 Å². The van der Waals surface area contributed by atoms with Crippen molar-refractivity contribution in [3.63, 3.8) is 0 Å². The molecular formula is C25H26N6O. The third-order valence-corrected chi connectivity index (χ3v) is 5.85. The highest BCUT2D eigenvalue weighted by Crippen LogP contribution is 2.32. The quantitative estimate of drug-likeness (QED) is 0.477. The van der Waals surface area contributed by atoms with Crippen LogP contribution in [0, 0.1) is 6.92 Å². The largest absolute Gasteiger partial charge is 0.495 e. The zero-order chi connectivity index (χ0) is 22.1. The molecule has 0 bridgehead atoms. The van der Waals surface area contributed by atoms with Crippen LogP contribution in [0.3, 0.4) is 0 Å². The Hall–Kier alpha value is -3.87. The molecule has 32 heavy (non-hydrogen) atoms. The average Bonchev–Trinajstić information content (AvgIpc) is 3.43. The van der Waals surface area contributed by atoms with Gasteiger partial charge in [0.25, 0.3) is 0 Å². The van der Waals surface area contributed by atoms with Gasteiger partial charge in [0, 0.05) is 24.3 Å². The minimum Gasteiger partial charge on any atom is -0.495 e. The van der Waals surface area contributed by atoms with Gasteiger partial charge in [-0.1, -0.05) is 24.3 Å². The summed E-state index contributed by atoms with van der Waals surface area (Å²) in [6.07, 6.45) is 9.90. The number of hydrogen-bond acceptors (Lipinski definition) is 5. The summed E-state index contributed by atoms with van der Waals surface area (Å²) >= 11 is 0. The number of nitrogens with two attached hydrogens (primary N) is 1. The normalized spacial score (nSPS) is 15.8. The first kappa shape index (κ1) is 20.1. The van der Waals surface area contributed by atoms with Crippen LogP contribution in [0.5, 0.6) is 5.75 Å². The molecule has 0 amide bonds. The smallest absolute Gasteiger partial charge is 0.174 e. The Balaban J connectivity index is 1.40. The van der Waals surface area contributed by atoms with Gasteiger partial charge in [0.1, 0.15) is 11.6 Å². The van der Waals surface area contributed by atoms with Crippen LogP contribution in [0.25, 0.3) is 17.8 Å². The van der Waals surface area contributed by atoms with Gasteiger partial charge in [0.2, 0.25) is 0 Å². The first-order chi connectivity index (χ1) is 15.6. The number of hydrogen-bond donors (Lipinski definition) is 1. The predicted molar refractivity (Wildman–Crippen MR) is 126 cm³/mol. The summed E-state index contributed by atoms with van der Waals surface area (Å²) in [5.74, 6) is 2.77. The van der Waals surface area contributed by atoms with E-state index >= 15 is 0 Å². The first-order valence-corrected chi connectivity index (χ1v) is 10.8. The fraction of sp³-hybridized carbons (Fsp3) is 0.240. The van der Waals surface area contributed by atoms with E-state index in [1.165, 1.54) is 5.56 Å². The number of nitrogen functional groups attached to an aromatic ring is 1. The van der Waals surface area contributed by atoms with Crippen LogP contribution in [-0.2, 0) is 6.54 Å². The fourth-order valence-electron chi connectivity index (χ4n) is 4.22. The van der Waals surface area contributed by atoms with E-state index in [0.717, 1.165) is 59.4 Å². The molecule has 0 saturated heterocycles. The molecule has 0 spiro atoms. The number of aryl methyl sites for hydroxylation is 2. The third-order valence-electron chi connectivity index (χ3n) is 5.85.